The van der Waals surface area contributed by atoms with Gasteiger partial charge in [-0.3, -0.25) is 0 Å². The number of nitrogens with zero attached hydrogens (tertiary/aromatic N) is 2. The Balaban J connectivity index is 0.00000176. The number of piperidine rings is 1. The summed E-state index contributed by atoms with van der Waals surface area (Å²) in [5.74, 6) is 0.178. The standard InChI is InChI=1S/C17H26N2O6.C2H6/c1-17(2,3)24-16(21)19-8-5-12(6-9-19)7-10-23-14-11-13(25-18-14)15(20)22-4;1-2/h11-12H,5-10H2,1-4H3;1-2H3. The van der Waals surface area contributed by atoms with Crippen molar-refractivity contribution in [3.05, 3.63) is 11.8 Å². The molecule has 1 aromatic heterocycles. The van der Waals surface area contributed by atoms with Crippen LogP contribution in [0.25, 0.3) is 0 Å². The van der Waals surface area contributed by atoms with E-state index < -0.39 is 11.6 Å². The van der Waals surface area contributed by atoms with E-state index in [2.05, 4.69) is 9.89 Å². The molecule has 1 fully saturated rings. The Kier molecular flexibility index (Phi) is 9.11. The van der Waals surface area contributed by atoms with E-state index in [0.717, 1.165) is 19.3 Å². The van der Waals surface area contributed by atoms with Crippen LogP contribution < -0.4 is 4.74 Å². The van der Waals surface area contributed by atoms with Gasteiger partial charge in [-0.1, -0.05) is 13.8 Å². The van der Waals surface area contributed by atoms with Crippen molar-refractivity contribution in [1.82, 2.24) is 10.1 Å². The number of aromatic nitrogens is 1. The van der Waals surface area contributed by atoms with Crippen LogP contribution in [0.3, 0.4) is 0 Å². The predicted molar refractivity (Wildman–Crippen MR) is 99.8 cm³/mol. The van der Waals surface area contributed by atoms with Crippen LogP contribution >= 0.6 is 0 Å². The van der Waals surface area contributed by atoms with Crippen molar-refractivity contribution in [1.29, 1.82) is 0 Å². The van der Waals surface area contributed by atoms with Crippen molar-refractivity contribution in [2.24, 2.45) is 5.92 Å². The normalized spacial score (nSPS) is 14.8. The molecule has 0 atom stereocenters. The van der Waals surface area contributed by atoms with Gasteiger partial charge in [-0.25, -0.2) is 9.59 Å². The van der Waals surface area contributed by atoms with Crippen molar-refractivity contribution in [2.45, 2.75) is 59.5 Å². The number of ether oxygens (including phenoxy) is 3. The van der Waals surface area contributed by atoms with Crippen LogP contribution in [0, 0.1) is 5.92 Å². The number of esters is 1. The van der Waals surface area contributed by atoms with E-state index in [1.54, 1.807) is 4.90 Å². The van der Waals surface area contributed by atoms with Gasteiger partial charge < -0.3 is 23.6 Å². The number of likely N-dealkylation sites (tertiary alicyclic amines) is 1. The molecular formula is C19H32N2O6. The fourth-order valence-corrected chi connectivity index (χ4v) is 2.58. The summed E-state index contributed by atoms with van der Waals surface area (Å²) in [6.07, 6.45) is 2.42. The first-order valence-corrected chi connectivity index (χ1v) is 9.44. The van der Waals surface area contributed by atoms with Crippen molar-refractivity contribution in [3.8, 4) is 5.88 Å². The maximum absolute atomic E-state index is 12.0. The lowest BCUT2D eigenvalue weighted by atomic mass is 9.94. The molecule has 2 heterocycles. The minimum Gasteiger partial charge on any atom is -0.475 e. The van der Waals surface area contributed by atoms with Gasteiger partial charge in [0.15, 0.2) is 0 Å². The summed E-state index contributed by atoms with van der Waals surface area (Å²) in [5, 5.41) is 3.67. The summed E-state index contributed by atoms with van der Waals surface area (Å²) < 4.78 is 20.3. The van der Waals surface area contributed by atoms with Crippen molar-refractivity contribution in [3.63, 3.8) is 0 Å². The molecule has 154 valence electrons. The van der Waals surface area contributed by atoms with E-state index in [9.17, 15) is 9.59 Å². The van der Waals surface area contributed by atoms with Gasteiger partial charge in [0, 0.05) is 13.1 Å². The molecule has 0 aliphatic carbocycles. The van der Waals surface area contributed by atoms with E-state index in [1.165, 1.54) is 13.2 Å². The lowest BCUT2D eigenvalue weighted by Crippen LogP contribution is -2.41. The third kappa shape index (κ3) is 7.88. The fraction of sp³-hybridized carbons (Fsp3) is 0.737. The number of amides is 1. The lowest BCUT2D eigenvalue weighted by molar-refractivity contribution is 0.0176. The first kappa shape index (κ1) is 22.8. The van der Waals surface area contributed by atoms with Gasteiger partial charge in [0.25, 0.3) is 5.88 Å². The maximum atomic E-state index is 12.0. The first-order valence-electron chi connectivity index (χ1n) is 9.44. The zero-order valence-corrected chi connectivity index (χ0v) is 17.2. The zero-order valence-electron chi connectivity index (χ0n) is 17.2. The zero-order chi connectivity index (χ0) is 20.4. The summed E-state index contributed by atoms with van der Waals surface area (Å²) >= 11 is 0. The van der Waals surface area contributed by atoms with Crippen LogP contribution in [-0.4, -0.2) is 54.5 Å². The van der Waals surface area contributed by atoms with E-state index >= 15 is 0 Å². The highest BCUT2D eigenvalue weighted by molar-refractivity contribution is 5.86. The quantitative estimate of drug-likeness (QED) is 0.711. The molecule has 0 radical (unpaired) electrons. The molecule has 8 nitrogen and oxygen atoms in total. The molecule has 1 aliphatic rings. The van der Waals surface area contributed by atoms with E-state index in [0.29, 0.717) is 25.6 Å². The molecule has 1 saturated heterocycles. The predicted octanol–water partition coefficient (Wildman–Crippen LogP) is 3.90. The first-order chi connectivity index (χ1) is 12.8. The Labute approximate surface area is 161 Å². The monoisotopic (exact) mass is 384 g/mol. The van der Waals surface area contributed by atoms with Crippen LogP contribution in [0.2, 0.25) is 0 Å². The van der Waals surface area contributed by atoms with Crippen LogP contribution in [0.15, 0.2) is 10.6 Å². The van der Waals surface area contributed by atoms with Gasteiger partial charge in [-0.05, 0) is 51.1 Å². The highest BCUT2D eigenvalue weighted by Crippen LogP contribution is 2.23. The Morgan fingerprint density at radius 2 is 1.89 bits per heavy atom. The van der Waals surface area contributed by atoms with E-state index in [1.807, 2.05) is 34.6 Å². The summed E-state index contributed by atoms with van der Waals surface area (Å²) in [6, 6.07) is 1.41. The molecule has 1 aliphatic heterocycles. The summed E-state index contributed by atoms with van der Waals surface area (Å²) in [5.41, 5.74) is -0.470. The lowest BCUT2D eigenvalue weighted by Gasteiger charge is -2.33. The molecule has 8 heteroatoms. The number of hydrogen-bond donors (Lipinski definition) is 0. The minimum absolute atomic E-state index is 0.0168. The van der Waals surface area contributed by atoms with E-state index in [-0.39, 0.29) is 17.7 Å². The highest BCUT2D eigenvalue weighted by atomic mass is 16.6. The number of hydrogen-bond acceptors (Lipinski definition) is 7. The average molecular weight is 384 g/mol. The minimum atomic E-state index is -0.586. The number of carbonyl (C=O) groups excluding carboxylic acids is 2. The van der Waals surface area contributed by atoms with Crippen LogP contribution in [0.1, 0.15) is 64.4 Å². The summed E-state index contributed by atoms with van der Waals surface area (Å²) in [6.45, 7) is 11.5. The van der Waals surface area contributed by atoms with Crippen LogP contribution in [-0.2, 0) is 9.47 Å². The largest absolute Gasteiger partial charge is 0.475 e. The highest BCUT2D eigenvalue weighted by Gasteiger charge is 2.26. The molecule has 1 amide bonds. The van der Waals surface area contributed by atoms with Gasteiger partial charge >= 0.3 is 12.1 Å². The third-order valence-corrected chi connectivity index (χ3v) is 3.92. The van der Waals surface area contributed by atoms with E-state index in [4.69, 9.17) is 14.0 Å². The molecule has 1 aromatic rings. The topological polar surface area (TPSA) is 91.1 Å². The SMILES string of the molecule is CC.COC(=O)c1cc(OCCC2CCN(C(=O)OC(C)(C)C)CC2)no1. The van der Waals surface area contributed by atoms with Crippen molar-refractivity contribution in [2.75, 3.05) is 26.8 Å². The molecule has 0 aromatic carbocycles. The Morgan fingerprint density at radius 1 is 1.26 bits per heavy atom. The number of rotatable bonds is 5. The Morgan fingerprint density at radius 3 is 2.44 bits per heavy atom. The van der Waals surface area contributed by atoms with Crippen molar-refractivity contribution >= 4 is 12.1 Å². The molecule has 2 rings (SSSR count). The smallest absolute Gasteiger partial charge is 0.410 e. The molecular weight excluding hydrogens is 352 g/mol. The fourth-order valence-electron chi connectivity index (χ4n) is 2.58. The molecule has 0 unspecified atom stereocenters. The number of carbonyl (C=O) groups is 2. The van der Waals surface area contributed by atoms with Gasteiger partial charge in [-0.15, -0.1) is 0 Å². The molecule has 0 bridgehead atoms. The maximum Gasteiger partial charge on any atom is 0.410 e. The van der Waals surface area contributed by atoms with Crippen LogP contribution in [0.5, 0.6) is 5.88 Å². The second kappa shape index (κ2) is 10.8. The van der Waals surface area contributed by atoms with Crippen LogP contribution in [0.4, 0.5) is 4.79 Å². The van der Waals surface area contributed by atoms with Gasteiger partial charge in [0.1, 0.15) is 5.60 Å². The summed E-state index contributed by atoms with van der Waals surface area (Å²) in [4.78, 5) is 25.0. The summed E-state index contributed by atoms with van der Waals surface area (Å²) in [7, 11) is 1.27. The Hall–Kier alpha value is -2.25. The third-order valence-electron chi connectivity index (χ3n) is 3.92. The number of methoxy groups -OCH3 is 1. The molecule has 0 N–H and O–H groups in total. The molecule has 27 heavy (non-hydrogen) atoms. The van der Waals surface area contributed by atoms with Crippen molar-refractivity contribution < 1.29 is 28.3 Å². The second-order valence-electron chi connectivity index (χ2n) is 7.07. The second-order valence-corrected chi connectivity index (χ2v) is 7.07. The molecule has 0 spiro atoms. The Bertz CT molecular complexity index is 585. The van der Waals surface area contributed by atoms with Gasteiger partial charge in [0.05, 0.1) is 19.8 Å². The molecule has 0 saturated carbocycles. The average Bonchev–Trinajstić information content (AvgIpc) is 3.11. The van der Waals surface area contributed by atoms with Gasteiger partial charge in [-0.2, -0.15) is 0 Å². The van der Waals surface area contributed by atoms with Gasteiger partial charge in [0.2, 0.25) is 5.76 Å².